The van der Waals surface area contributed by atoms with Gasteiger partial charge in [-0.25, -0.2) is 20.4 Å². The van der Waals surface area contributed by atoms with Crippen LogP contribution >= 0.6 is 0 Å². The molecule has 1 atom stereocenters. The fourth-order valence-corrected chi connectivity index (χ4v) is 3.71. The van der Waals surface area contributed by atoms with Crippen molar-refractivity contribution in [3.8, 4) is 0 Å². The molecule has 2 aromatic rings. The zero-order valence-electron chi connectivity index (χ0n) is 15.5. The second-order valence-electron chi connectivity index (χ2n) is 6.95. The first-order valence-corrected chi connectivity index (χ1v) is 9.30. The number of morpholine rings is 1. The number of pyridine rings is 1. The van der Waals surface area contributed by atoms with Crippen LogP contribution in [0.4, 0.5) is 0 Å². The van der Waals surface area contributed by atoms with E-state index in [0.29, 0.717) is 37.9 Å². The van der Waals surface area contributed by atoms with E-state index in [1.165, 1.54) is 0 Å². The fraction of sp³-hybridized carbons (Fsp3) is 0.300. The molecule has 8 nitrogen and oxygen atoms in total. The highest BCUT2D eigenvalue weighted by Gasteiger charge is 2.34. The predicted molar refractivity (Wildman–Crippen MR) is 106 cm³/mol. The van der Waals surface area contributed by atoms with Gasteiger partial charge in [-0.1, -0.05) is 12.1 Å². The van der Waals surface area contributed by atoms with Crippen LogP contribution in [0.15, 0.2) is 58.3 Å². The summed E-state index contributed by atoms with van der Waals surface area (Å²) in [6.07, 6.45) is 3.48. The smallest absolute Gasteiger partial charge is 0.254 e. The standard InChI is InChI=1S/C20H20N6O2/c1-13-9-17(26-20(24-13)22-12-23-26)18-11-25(7-8-28-18)19(27)15-5-4-14-3-2-6-21-16(14)10-15/h2-6,9-10,18,23H,7-8,11-12H2,1H3. The van der Waals surface area contributed by atoms with E-state index in [1.807, 2.05) is 53.2 Å². The van der Waals surface area contributed by atoms with Crippen LogP contribution in [0, 0.1) is 0 Å². The summed E-state index contributed by atoms with van der Waals surface area (Å²) in [5, 5.41) is 2.87. The minimum absolute atomic E-state index is 0.00840. The van der Waals surface area contributed by atoms with Gasteiger partial charge in [0, 0.05) is 29.4 Å². The fourth-order valence-electron chi connectivity index (χ4n) is 3.71. The lowest BCUT2D eigenvalue weighted by molar-refractivity contribution is -0.0138. The number of amides is 1. The molecule has 1 aromatic carbocycles. The lowest BCUT2D eigenvalue weighted by Crippen LogP contribution is -2.51. The summed E-state index contributed by atoms with van der Waals surface area (Å²) in [6, 6.07) is 9.53. The average Bonchev–Trinajstić information content (AvgIpc) is 3.20. The van der Waals surface area contributed by atoms with Crippen LogP contribution in [0.1, 0.15) is 17.3 Å². The number of aromatic nitrogens is 1. The van der Waals surface area contributed by atoms with E-state index >= 15 is 0 Å². The molecule has 0 bridgehead atoms. The molecule has 1 N–H and O–H groups in total. The highest BCUT2D eigenvalue weighted by molar-refractivity contribution is 6.05. The molecular weight excluding hydrogens is 356 g/mol. The van der Waals surface area contributed by atoms with Gasteiger partial charge in [0.05, 0.1) is 24.4 Å². The number of nitrogens with zero attached hydrogens (tertiary/aromatic N) is 5. The number of rotatable bonds is 2. The summed E-state index contributed by atoms with van der Waals surface area (Å²) < 4.78 is 5.99. The van der Waals surface area contributed by atoms with Crippen molar-refractivity contribution < 1.29 is 9.53 Å². The van der Waals surface area contributed by atoms with Crippen molar-refractivity contribution in [2.24, 2.45) is 9.98 Å². The van der Waals surface area contributed by atoms with Gasteiger partial charge in [-0.15, -0.1) is 0 Å². The number of carbonyl (C=O) groups is 1. The van der Waals surface area contributed by atoms with Crippen LogP contribution in [0.25, 0.3) is 10.9 Å². The molecule has 0 aliphatic carbocycles. The van der Waals surface area contributed by atoms with Crippen LogP contribution in [0.3, 0.4) is 0 Å². The molecule has 5 rings (SSSR count). The number of guanidine groups is 1. The zero-order chi connectivity index (χ0) is 19.1. The van der Waals surface area contributed by atoms with Crippen LogP contribution in [0.2, 0.25) is 0 Å². The normalized spacial score (nSPS) is 21.9. The molecule has 3 aliphatic heterocycles. The molecular formula is C20H20N6O2. The molecule has 1 aromatic heterocycles. The maximum absolute atomic E-state index is 13.1. The van der Waals surface area contributed by atoms with E-state index in [2.05, 4.69) is 20.4 Å². The van der Waals surface area contributed by atoms with Crippen LogP contribution in [0.5, 0.6) is 0 Å². The molecule has 1 fully saturated rings. The minimum Gasteiger partial charge on any atom is -0.368 e. The molecule has 1 saturated heterocycles. The van der Waals surface area contributed by atoms with E-state index in [9.17, 15) is 4.79 Å². The number of allylic oxidation sites excluding steroid dienone is 1. The van der Waals surface area contributed by atoms with E-state index in [1.54, 1.807) is 6.20 Å². The van der Waals surface area contributed by atoms with Gasteiger partial charge >= 0.3 is 0 Å². The maximum Gasteiger partial charge on any atom is 0.254 e. The zero-order valence-corrected chi connectivity index (χ0v) is 15.5. The van der Waals surface area contributed by atoms with E-state index < -0.39 is 0 Å². The Balaban J connectivity index is 1.38. The summed E-state index contributed by atoms with van der Waals surface area (Å²) in [7, 11) is 0. The van der Waals surface area contributed by atoms with Gasteiger partial charge in [-0.3, -0.25) is 9.78 Å². The third kappa shape index (κ3) is 2.96. The topological polar surface area (TPSA) is 82.4 Å². The quantitative estimate of drug-likeness (QED) is 0.860. The van der Waals surface area contributed by atoms with Crippen LogP contribution in [-0.2, 0) is 4.74 Å². The van der Waals surface area contributed by atoms with E-state index in [-0.39, 0.29) is 12.0 Å². The number of ether oxygens (including phenoxy) is 1. The largest absolute Gasteiger partial charge is 0.368 e. The van der Waals surface area contributed by atoms with Crippen molar-refractivity contribution >= 4 is 28.5 Å². The highest BCUT2D eigenvalue weighted by atomic mass is 16.5. The minimum atomic E-state index is -0.238. The number of carbonyl (C=O) groups excluding carboxylic acids is 1. The Labute approximate surface area is 162 Å². The van der Waals surface area contributed by atoms with Crippen molar-refractivity contribution in [3.05, 3.63) is 53.9 Å². The maximum atomic E-state index is 13.1. The number of nitrogens with one attached hydrogen (secondary N) is 1. The van der Waals surface area contributed by atoms with Gasteiger partial charge in [-0.2, -0.15) is 0 Å². The first-order chi connectivity index (χ1) is 13.7. The number of aliphatic imine (C=N–C) groups is 2. The van der Waals surface area contributed by atoms with Crippen molar-refractivity contribution in [3.63, 3.8) is 0 Å². The third-order valence-electron chi connectivity index (χ3n) is 5.08. The Hall–Kier alpha value is -3.10. The van der Waals surface area contributed by atoms with Gasteiger partial charge in [-0.05, 0) is 31.2 Å². The molecule has 1 amide bonds. The Morgan fingerprint density at radius 2 is 2.25 bits per heavy atom. The summed E-state index contributed by atoms with van der Waals surface area (Å²) in [6.45, 7) is 3.94. The van der Waals surface area contributed by atoms with Gasteiger partial charge in [0.2, 0.25) is 5.96 Å². The Morgan fingerprint density at radius 3 is 3.18 bits per heavy atom. The van der Waals surface area contributed by atoms with Crippen LogP contribution < -0.4 is 5.43 Å². The van der Waals surface area contributed by atoms with Crippen LogP contribution in [-0.4, -0.2) is 64.9 Å². The Morgan fingerprint density at radius 1 is 1.32 bits per heavy atom. The van der Waals surface area contributed by atoms with Crippen molar-refractivity contribution in [2.45, 2.75) is 13.0 Å². The predicted octanol–water partition coefficient (Wildman–Crippen LogP) is 1.57. The number of hydrazine groups is 1. The summed E-state index contributed by atoms with van der Waals surface area (Å²) in [5.74, 6) is 0.633. The molecule has 142 valence electrons. The highest BCUT2D eigenvalue weighted by Crippen LogP contribution is 2.23. The molecule has 1 unspecified atom stereocenters. The SMILES string of the molecule is CC1=NC2=NCNN2C(C2CN(C(=O)c3ccc4cccnc4c3)CCO2)=C1. The number of benzene rings is 1. The second kappa shape index (κ2) is 6.81. The molecule has 28 heavy (non-hydrogen) atoms. The first-order valence-electron chi connectivity index (χ1n) is 9.30. The van der Waals surface area contributed by atoms with E-state index in [0.717, 1.165) is 22.3 Å². The summed E-state index contributed by atoms with van der Waals surface area (Å²) in [4.78, 5) is 28.1. The van der Waals surface area contributed by atoms with Gasteiger partial charge < -0.3 is 9.64 Å². The lowest BCUT2D eigenvalue weighted by atomic mass is 10.1. The lowest BCUT2D eigenvalue weighted by Gasteiger charge is -2.37. The Bertz CT molecular complexity index is 1040. The molecule has 0 radical (unpaired) electrons. The van der Waals surface area contributed by atoms with Crippen molar-refractivity contribution in [2.75, 3.05) is 26.4 Å². The number of fused-ring (bicyclic) bond motifs is 2. The molecule has 3 aliphatic rings. The summed E-state index contributed by atoms with van der Waals surface area (Å²) >= 11 is 0. The molecule has 0 saturated carbocycles. The van der Waals surface area contributed by atoms with Crippen molar-refractivity contribution in [1.82, 2.24) is 20.3 Å². The molecule has 4 heterocycles. The van der Waals surface area contributed by atoms with E-state index in [4.69, 9.17) is 4.74 Å². The van der Waals surface area contributed by atoms with Gasteiger partial charge in [0.25, 0.3) is 5.91 Å². The van der Waals surface area contributed by atoms with Crippen molar-refractivity contribution in [1.29, 1.82) is 0 Å². The third-order valence-corrected chi connectivity index (χ3v) is 5.08. The van der Waals surface area contributed by atoms with Gasteiger partial charge in [0.1, 0.15) is 12.8 Å². The van der Waals surface area contributed by atoms with Gasteiger partial charge in [0.15, 0.2) is 0 Å². The molecule has 8 heteroatoms. The molecule has 0 spiro atoms. The monoisotopic (exact) mass is 376 g/mol. The number of hydrogen-bond donors (Lipinski definition) is 1. The second-order valence-corrected chi connectivity index (χ2v) is 6.95. The average molecular weight is 376 g/mol. The Kier molecular flexibility index (Phi) is 4.14. The summed E-state index contributed by atoms with van der Waals surface area (Å²) in [5.41, 5.74) is 6.46. The number of hydrogen-bond acceptors (Lipinski definition) is 7. The first kappa shape index (κ1) is 17.0.